The monoisotopic (exact) mass is 293 g/mol. The molecular formula is C19H19NO2. The van der Waals surface area contributed by atoms with Crippen LogP contribution in [0.1, 0.15) is 19.4 Å². The van der Waals surface area contributed by atoms with Gasteiger partial charge in [-0.3, -0.25) is 4.79 Å². The molecule has 2 aromatic carbocycles. The molecule has 0 amide bonds. The molecule has 0 bridgehead atoms. The summed E-state index contributed by atoms with van der Waals surface area (Å²) in [5.41, 5.74) is 1.14. The zero-order valence-corrected chi connectivity index (χ0v) is 12.8. The molecule has 0 spiro atoms. The van der Waals surface area contributed by atoms with Crippen LogP contribution in [-0.4, -0.2) is 10.7 Å². The van der Waals surface area contributed by atoms with Gasteiger partial charge < -0.3 is 9.30 Å². The van der Waals surface area contributed by atoms with Crippen LogP contribution in [0.15, 0.2) is 65.6 Å². The lowest BCUT2D eigenvalue weighted by molar-refractivity contribution is 0.243. The fourth-order valence-corrected chi connectivity index (χ4v) is 2.52. The largest absolute Gasteiger partial charge is 0.491 e. The highest BCUT2D eigenvalue weighted by Gasteiger charge is 2.06. The van der Waals surface area contributed by atoms with Gasteiger partial charge in [0.15, 0.2) is 0 Å². The lowest BCUT2D eigenvalue weighted by atomic mass is 10.1. The van der Waals surface area contributed by atoms with Crippen LogP contribution in [0.3, 0.4) is 0 Å². The second kappa shape index (κ2) is 6.06. The Bertz CT molecular complexity index is 835. The molecule has 0 aliphatic rings. The standard InChI is InChI=1S/C19H19NO2/c1-14(2)22-17-8-9-18-16(12-17)10-11-20(19(18)21)13-15-6-4-3-5-7-15/h3-12,14H,13H2,1-2H3. The first-order chi connectivity index (χ1) is 10.6. The third kappa shape index (κ3) is 3.03. The van der Waals surface area contributed by atoms with E-state index in [2.05, 4.69) is 0 Å². The third-order valence-electron chi connectivity index (χ3n) is 3.52. The Hall–Kier alpha value is -2.55. The normalized spacial score (nSPS) is 11.0. The lowest BCUT2D eigenvalue weighted by Crippen LogP contribution is -2.20. The molecule has 0 saturated heterocycles. The van der Waals surface area contributed by atoms with Crippen molar-refractivity contribution in [2.75, 3.05) is 0 Å². The summed E-state index contributed by atoms with van der Waals surface area (Å²) < 4.78 is 7.42. The molecule has 0 saturated carbocycles. The first-order valence-electron chi connectivity index (χ1n) is 7.47. The number of ether oxygens (including phenoxy) is 1. The minimum absolute atomic E-state index is 0.0254. The van der Waals surface area contributed by atoms with Gasteiger partial charge in [-0.1, -0.05) is 30.3 Å². The van der Waals surface area contributed by atoms with E-state index in [0.717, 1.165) is 22.1 Å². The van der Waals surface area contributed by atoms with Crippen LogP contribution >= 0.6 is 0 Å². The molecule has 0 aliphatic heterocycles. The van der Waals surface area contributed by atoms with Crippen LogP contribution in [0.2, 0.25) is 0 Å². The van der Waals surface area contributed by atoms with E-state index in [4.69, 9.17) is 4.74 Å². The van der Waals surface area contributed by atoms with Crippen molar-refractivity contribution in [2.45, 2.75) is 26.5 Å². The summed E-state index contributed by atoms with van der Waals surface area (Å²) >= 11 is 0. The highest BCUT2D eigenvalue weighted by Crippen LogP contribution is 2.19. The molecule has 3 aromatic rings. The molecule has 0 fully saturated rings. The molecule has 0 aliphatic carbocycles. The van der Waals surface area contributed by atoms with Crippen molar-refractivity contribution >= 4 is 10.8 Å². The van der Waals surface area contributed by atoms with Crippen molar-refractivity contribution in [1.29, 1.82) is 0 Å². The number of hydrogen-bond donors (Lipinski definition) is 0. The molecule has 0 N–H and O–H groups in total. The minimum Gasteiger partial charge on any atom is -0.491 e. The Kier molecular flexibility index (Phi) is 3.96. The van der Waals surface area contributed by atoms with Crippen molar-refractivity contribution in [3.63, 3.8) is 0 Å². The van der Waals surface area contributed by atoms with Gasteiger partial charge in [0.25, 0.3) is 5.56 Å². The maximum atomic E-state index is 12.6. The molecule has 1 aromatic heterocycles. The summed E-state index contributed by atoms with van der Waals surface area (Å²) in [4.78, 5) is 12.6. The van der Waals surface area contributed by atoms with Gasteiger partial charge in [0.05, 0.1) is 12.6 Å². The number of benzene rings is 2. The first kappa shape index (κ1) is 14.4. The smallest absolute Gasteiger partial charge is 0.258 e. The van der Waals surface area contributed by atoms with Gasteiger partial charge in [0.1, 0.15) is 5.75 Å². The topological polar surface area (TPSA) is 31.2 Å². The first-order valence-corrected chi connectivity index (χ1v) is 7.47. The zero-order valence-electron chi connectivity index (χ0n) is 12.8. The van der Waals surface area contributed by atoms with Crippen LogP contribution in [0.4, 0.5) is 0 Å². The van der Waals surface area contributed by atoms with Crippen molar-refractivity contribution in [3.8, 4) is 5.75 Å². The molecule has 3 nitrogen and oxygen atoms in total. The summed E-state index contributed by atoms with van der Waals surface area (Å²) in [6.07, 6.45) is 1.97. The van der Waals surface area contributed by atoms with Gasteiger partial charge in [-0.2, -0.15) is 0 Å². The lowest BCUT2D eigenvalue weighted by Gasteiger charge is -2.11. The highest BCUT2D eigenvalue weighted by molar-refractivity contribution is 5.82. The van der Waals surface area contributed by atoms with Crippen LogP contribution in [0, 0.1) is 0 Å². The third-order valence-corrected chi connectivity index (χ3v) is 3.52. The quantitative estimate of drug-likeness (QED) is 0.732. The van der Waals surface area contributed by atoms with E-state index in [1.165, 1.54) is 0 Å². The Labute approximate surface area is 129 Å². The van der Waals surface area contributed by atoms with Crippen LogP contribution in [-0.2, 0) is 6.54 Å². The Morgan fingerprint density at radius 3 is 2.55 bits per heavy atom. The van der Waals surface area contributed by atoms with E-state index >= 15 is 0 Å². The second-order valence-electron chi connectivity index (χ2n) is 5.65. The number of aromatic nitrogens is 1. The van der Waals surface area contributed by atoms with Crippen molar-refractivity contribution in [1.82, 2.24) is 4.57 Å². The van der Waals surface area contributed by atoms with Gasteiger partial charge in [-0.05, 0) is 49.1 Å². The summed E-state index contributed by atoms with van der Waals surface area (Å²) in [5.74, 6) is 0.794. The fraction of sp³-hybridized carbons (Fsp3) is 0.211. The van der Waals surface area contributed by atoms with Gasteiger partial charge in [0.2, 0.25) is 0 Å². The summed E-state index contributed by atoms with van der Waals surface area (Å²) in [5, 5.41) is 1.63. The molecule has 0 atom stereocenters. The van der Waals surface area contributed by atoms with Crippen molar-refractivity contribution < 1.29 is 4.74 Å². The molecule has 3 heteroatoms. The van der Waals surface area contributed by atoms with E-state index in [9.17, 15) is 4.79 Å². The van der Waals surface area contributed by atoms with E-state index in [-0.39, 0.29) is 11.7 Å². The maximum Gasteiger partial charge on any atom is 0.258 e. The predicted molar refractivity (Wildman–Crippen MR) is 89.5 cm³/mol. The molecule has 0 radical (unpaired) electrons. The van der Waals surface area contributed by atoms with Gasteiger partial charge >= 0.3 is 0 Å². The molecule has 112 valence electrons. The van der Waals surface area contributed by atoms with Crippen LogP contribution in [0.25, 0.3) is 10.8 Å². The van der Waals surface area contributed by atoms with E-state index in [0.29, 0.717) is 6.54 Å². The summed E-state index contributed by atoms with van der Waals surface area (Å²) in [6.45, 7) is 4.56. The van der Waals surface area contributed by atoms with E-state index in [1.54, 1.807) is 4.57 Å². The Morgan fingerprint density at radius 2 is 1.82 bits per heavy atom. The fourth-order valence-electron chi connectivity index (χ4n) is 2.52. The highest BCUT2D eigenvalue weighted by atomic mass is 16.5. The summed E-state index contributed by atoms with van der Waals surface area (Å²) in [6, 6.07) is 17.6. The maximum absolute atomic E-state index is 12.6. The molecule has 22 heavy (non-hydrogen) atoms. The van der Waals surface area contributed by atoms with Crippen molar-refractivity contribution in [2.24, 2.45) is 0 Å². The van der Waals surface area contributed by atoms with Gasteiger partial charge in [-0.15, -0.1) is 0 Å². The molecular weight excluding hydrogens is 274 g/mol. The number of hydrogen-bond acceptors (Lipinski definition) is 2. The second-order valence-corrected chi connectivity index (χ2v) is 5.65. The number of fused-ring (bicyclic) bond motifs is 1. The molecule has 1 heterocycles. The SMILES string of the molecule is CC(C)Oc1ccc2c(=O)n(Cc3ccccc3)ccc2c1. The molecule has 3 rings (SSSR count). The number of pyridine rings is 1. The minimum atomic E-state index is 0.0254. The van der Waals surface area contributed by atoms with E-state index < -0.39 is 0 Å². The van der Waals surface area contributed by atoms with Gasteiger partial charge in [0, 0.05) is 11.6 Å². The van der Waals surface area contributed by atoms with Crippen LogP contribution < -0.4 is 10.3 Å². The average molecular weight is 293 g/mol. The van der Waals surface area contributed by atoms with Crippen LogP contribution in [0.5, 0.6) is 5.75 Å². The molecule has 0 unspecified atom stereocenters. The number of rotatable bonds is 4. The zero-order chi connectivity index (χ0) is 15.5. The predicted octanol–water partition coefficient (Wildman–Crippen LogP) is 3.84. The van der Waals surface area contributed by atoms with Crippen molar-refractivity contribution in [3.05, 3.63) is 76.7 Å². The Morgan fingerprint density at radius 1 is 1.05 bits per heavy atom. The van der Waals surface area contributed by atoms with E-state index in [1.807, 2.05) is 74.6 Å². The Balaban J connectivity index is 1.98. The average Bonchev–Trinajstić information content (AvgIpc) is 2.50. The summed E-state index contributed by atoms with van der Waals surface area (Å²) in [7, 11) is 0. The van der Waals surface area contributed by atoms with Gasteiger partial charge in [-0.25, -0.2) is 0 Å². The number of nitrogens with zero attached hydrogens (tertiary/aromatic N) is 1.